The van der Waals surface area contributed by atoms with Gasteiger partial charge in [-0.15, -0.1) is 0 Å². The van der Waals surface area contributed by atoms with Crippen LogP contribution in [0.25, 0.3) is 0 Å². The molecule has 1 aromatic carbocycles. The number of aromatic nitrogens is 1. The third-order valence-corrected chi connectivity index (χ3v) is 5.10. The zero-order valence-electron chi connectivity index (χ0n) is 14.4. The molecule has 130 valence electrons. The molecule has 2 heterocycles. The third-order valence-electron chi connectivity index (χ3n) is 5.10. The Labute approximate surface area is 147 Å². The number of hydrogen-bond acceptors (Lipinski definition) is 3. The van der Waals surface area contributed by atoms with Crippen molar-refractivity contribution in [3.05, 3.63) is 65.5 Å². The summed E-state index contributed by atoms with van der Waals surface area (Å²) in [4.78, 5) is 30.8. The van der Waals surface area contributed by atoms with Crippen LogP contribution in [0.15, 0.2) is 48.7 Å². The highest BCUT2D eigenvalue weighted by atomic mass is 16.2. The van der Waals surface area contributed by atoms with Crippen LogP contribution in [-0.2, 0) is 21.4 Å². The molecular formula is C20H23N3O2. The third kappa shape index (κ3) is 3.55. The molecule has 5 nitrogen and oxygen atoms in total. The molecule has 2 N–H and O–H groups in total. The van der Waals surface area contributed by atoms with E-state index in [0.29, 0.717) is 32.4 Å². The zero-order chi connectivity index (χ0) is 17.9. The van der Waals surface area contributed by atoms with Gasteiger partial charge in [-0.3, -0.25) is 14.6 Å². The molecule has 0 saturated carbocycles. The van der Waals surface area contributed by atoms with Crippen LogP contribution in [0.2, 0.25) is 0 Å². The minimum Gasteiger partial charge on any atom is -0.369 e. The summed E-state index contributed by atoms with van der Waals surface area (Å²) in [5.41, 5.74) is 7.85. The lowest BCUT2D eigenvalue weighted by atomic mass is 9.72. The molecule has 5 heteroatoms. The van der Waals surface area contributed by atoms with Crippen LogP contribution in [0, 0.1) is 6.92 Å². The van der Waals surface area contributed by atoms with Gasteiger partial charge in [-0.25, -0.2) is 0 Å². The molecular weight excluding hydrogens is 314 g/mol. The molecule has 25 heavy (non-hydrogen) atoms. The van der Waals surface area contributed by atoms with Gasteiger partial charge in [0.1, 0.15) is 0 Å². The highest BCUT2D eigenvalue weighted by molar-refractivity contribution is 5.87. The maximum Gasteiger partial charge on any atom is 0.228 e. The number of piperidine rings is 1. The Morgan fingerprint density at radius 2 is 1.80 bits per heavy atom. The first-order valence-corrected chi connectivity index (χ1v) is 8.56. The van der Waals surface area contributed by atoms with E-state index in [4.69, 9.17) is 5.73 Å². The Hall–Kier alpha value is -2.69. The minimum absolute atomic E-state index is 0.0665. The van der Waals surface area contributed by atoms with Crippen molar-refractivity contribution in [2.75, 3.05) is 13.1 Å². The van der Waals surface area contributed by atoms with Gasteiger partial charge >= 0.3 is 0 Å². The molecule has 2 amide bonds. The molecule has 1 saturated heterocycles. The van der Waals surface area contributed by atoms with E-state index in [1.807, 2.05) is 54.3 Å². The largest absolute Gasteiger partial charge is 0.369 e. The number of aryl methyl sites for hydroxylation is 1. The second-order valence-electron chi connectivity index (χ2n) is 6.68. The Bertz CT molecular complexity index is 748. The average molecular weight is 337 g/mol. The maximum absolute atomic E-state index is 12.6. The molecule has 1 aliphatic heterocycles. The van der Waals surface area contributed by atoms with E-state index in [-0.39, 0.29) is 11.8 Å². The molecule has 3 rings (SSSR count). The quantitative estimate of drug-likeness (QED) is 0.927. The summed E-state index contributed by atoms with van der Waals surface area (Å²) in [5.74, 6) is -0.245. The molecule has 0 spiro atoms. The molecule has 0 radical (unpaired) electrons. The minimum atomic E-state index is -0.677. The van der Waals surface area contributed by atoms with E-state index in [1.54, 1.807) is 6.20 Å². The number of nitrogens with zero attached hydrogens (tertiary/aromatic N) is 2. The molecule has 1 aliphatic rings. The number of rotatable bonds is 4. The predicted molar refractivity (Wildman–Crippen MR) is 95.8 cm³/mol. The van der Waals surface area contributed by atoms with Crippen LogP contribution < -0.4 is 5.73 Å². The number of carbonyl (C=O) groups excluding carboxylic acids is 2. The first kappa shape index (κ1) is 17.1. The van der Waals surface area contributed by atoms with Crippen LogP contribution in [0.1, 0.15) is 29.7 Å². The number of benzene rings is 1. The molecule has 0 unspecified atom stereocenters. The second kappa shape index (κ2) is 7.05. The van der Waals surface area contributed by atoms with Gasteiger partial charge in [0.25, 0.3) is 0 Å². The fraction of sp³-hybridized carbons (Fsp3) is 0.350. The molecule has 0 bridgehead atoms. The number of primary amides is 1. The van der Waals surface area contributed by atoms with Crippen LogP contribution >= 0.6 is 0 Å². The Kier molecular flexibility index (Phi) is 4.83. The molecule has 1 aromatic heterocycles. The van der Waals surface area contributed by atoms with Gasteiger partial charge in [0.05, 0.1) is 11.8 Å². The highest BCUT2D eigenvalue weighted by Crippen LogP contribution is 2.35. The van der Waals surface area contributed by atoms with Crippen molar-refractivity contribution < 1.29 is 9.59 Å². The first-order chi connectivity index (χ1) is 12.0. The molecule has 0 atom stereocenters. The summed E-state index contributed by atoms with van der Waals surface area (Å²) in [6, 6.07) is 13.5. The lowest BCUT2D eigenvalue weighted by Gasteiger charge is -2.40. The average Bonchev–Trinajstić information content (AvgIpc) is 2.64. The molecule has 1 fully saturated rings. The summed E-state index contributed by atoms with van der Waals surface area (Å²) in [5, 5.41) is 0. The summed E-state index contributed by atoms with van der Waals surface area (Å²) >= 11 is 0. The standard InChI is InChI=1S/C20H23N3O2/c1-15-7-8-16(14-22-15)13-18(24)23-11-9-20(10-12-23,19(21)25)17-5-3-2-4-6-17/h2-8,14H,9-13H2,1H3,(H2,21,25). The van der Waals surface area contributed by atoms with Gasteiger partial charge in [-0.05, 0) is 37.0 Å². The highest BCUT2D eigenvalue weighted by Gasteiger charge is 2.42. The lowest BCUT2D eigenvalue weighted by Crippen LogP contribution is -2.51. The van der Waals surface area contributed by atoms with Crippen LogP contribution in [-0.4, -0.2) is 34.8 Å². The first-order valence-electron chi connectivity index (χ1n) is 8.56. The number of likely N-dealkylation sites (tertiary alicyclic amines) is 1. The molecule has 2 aromatic rings. The number of amides is 2. The smallest absolute Gasteiger partial charge is 0.228 e. The van der Waals surface area contributed by atoms with Crippen molar-refractivity contribution in [3.8, 4) is 0 Å². The van der Waals surface area contributed by atoms with Crippen LogP contribution in [0.3, 0.4) is 0 Å². The summed E-state index contributed by atoms with van der Waals surface area (Å²) in [6.45, 7) is 3.00. The van der Waals surface area contributed by atoms with E-state index in [0.717, 1.165) is 16.8 Å². The van der Waals surface area contributed by atoms with E-state index in [9.17, 15) is 9.59 Å². The van der Waals surface area contributed by atoms with Crippen molar-refractivity contribution in [1.29, 1.82) is 0 Å². The van der Waals surface area contributed by atoms with Crippen LogP contribution in [0.5, 0.6) is 0 Å². The Morgan fingerprint density at radius 3 is 2.36 bits per heavy atom. The van der Waals surface area contributed by atoms with Gasteiger partial charge in [-0.1, -0.05) is 36.4 Å². The van der Waals surface area contributed by atoms with Gasteiger partial charge in [-0.2, -0.15) is 0 Å². The SMILES string of the molecule is Cc1ccc(CC(=O)N2CCC(C(N)=O)(c3ccccc3)CC2)cn1. The monoisotopic (exact) mass is 337 g/mol. The van der Waals surface area contributed by atoms with Gasteiger partial charge in [0, 0.05) is 25.0 Å². The predicted octanol–water partition coefficient (Wildman–Crippen LogP) is 1.98. The molecule has 0 aliphatic carbocycles. The zero-order valence-corrected chi connectivity index (χ0v) is 14.4. The maximum atomic E-state index is 12.6. The van der Waals surface area contributed by atoms with Crippen LogP contribution in [0.4, 0.5) is 0 Å². The van der Waals surface area contributed by atoms with Gasteiger partial charge in [0.15, 0.2) is 0 Å². The fourth-order valence-electron chi connectivity index (χ4n) is 3.46. The van der Waals surface area contributed by atoms with E-state index in [2.05, 4.69) is 4.98 Å². The van der Waals surface area contributed by atoms with E-state index >= 15 is 0 Å². The van der Waals surface area contributed by atoms with Crippen molar-refractivity contribution >= 4 is 11.8 Å². The number of pyridine rings is 1. The lowest BCUT2D eigenvalue weighted by molar-refractivity contribution is -0.135. The second-order valence-corrected chi connectivity index (χ2v) is 6.68. The summed E-state index contributed by atoms with van der Waals surface area (Å²) in [6.07, 6.45) is 3.20. The summed E-state index contributed by atoms with van der Waals surface area (Å²) < 4.78 is 0. The Morgan fingerprint density at radius 1 is 1.12 bits per heavy atom. The topological polar surface area (TPSA) is 76.3 Å². The van der Waals surface area contributed by atoms with Crippen molar-refractivity contribution in [3.63, 3.8) is 0 Å². The van der Waals surface area contributed by atoms with Crippen molar-refractivity contribution in [2.45, 2.75) is 31.6 Å². The number of nitrogens with two attached hydrogens (primary N) is 1. The number of hydrogen-bond donors (Lipinski definition) is 1. The van der Waals surface area contributed by atoms with Crippen molar-refractivity contribution in [1.82, 2.24) is 9.88 Å². The van der Waals surface area contributed by atoms with Gasteiger partial charge in [0.2, 0.25) is 11.8 Å². The van der Waals surface area contributed by atoms with Gasteiger partial charge < -0.3 is 10.6 Å². The summed E-state index contributed by atoms with van der Waals surface area (Å²) in [7, 11) is 0. The van der Waals surface area contributed by atoms with Crippen molar-refractivity contribution in [2.24, 2.45) is 5.73 Å². The normalized spacial score (nSPS) is 16.4. The number of carbonyl (C=O) groups is 2. The Balaban J connectivity index is 1.68. The fourth-order valence-corrected chi connectivity index (χ4v) is 3.46. The van der Waals surface area contributed by atoms with E-state index in [1.165, 1.54) is 0 Å². The van der Waals surface area contributed by atoms with E-state index < -0.39 is 5.41 Å².